The van der Waals surface area contributed by atoms with Gasteiger partial charge in [0.05, 0.1) is 0 Å². The Balaban J connectivity index is 2.85. The minimum atomic E-state index is -1.06. The van der Waals surface area contributed by atoms with Gasteiger partial charge in [-0.05, 0) is 30.2 Å². The number of phenols is 1. The van der Waals surface area contributed by atoms with E-state index in [1.165, 1.54) is 12.1 Å². The van der Waals surface area contributed by atoms with Crippen molar-refractivity contribution < 1.29 is 15.0 Å². The molecule has 4 nitrogen and oxygen atoms in total. The van der Waals surface area contributed by atoms with Gasteiger partial charge in [-0.15, -0.1) is 0 Å². The second-order valence-electron chi connectivity index (χ2n) is 2.92. The number of halogens is 1. The summed E-state index contributed by atoms with van der Waals surface area (Å²) < 4.78 is 0.743. The molecule has 14 heavy (non-hydrogen) atoms. The van der Waals surface area contributed by atoms with E-state index in [4.69, 9.17) is 10.8 Å². The molecular weight excluding hydrogens is 250 g/mol. The lowest BCUT2D eigenvalue weighted by atomic mass is 10.1. The first kappa shape index (κ1) is 11.0. The van der Waals surface area contributed by atoms with Gasteiger partial charge in [-0.2, -0.15) is 0 Å². The van der Waals surface area contributed by atoms with Crippen molar-refractivity contribution in [3.8, 4) is 5.75 Å². The Hall–Kier alpha value is -1.07. The Morgan fingerprint density at radius 3 is 2.79 bits per heavy atom. The average Bonchev–Trinajstić information content (AvgIpc) is 2.11. The van der Waals surface area contributed by atoms with Crippen molar-refractivity contribution in [2.45, 2.75) is 12.5 Å². The lowest BCUT2D eigenvalue weighted by Gasteiger charge is -2.08. The first-order valence-corrected chi connectivity index (χ1v) is 4.76. The predicted octanol–water partition coefficient (Wildman–Crippen LogP) is 1.11. The molecule has 0 amide bonds. The molecule has 1 aromatic rings. The van der Waals surface area contributed by atoms with Crippen molar-refractivity contribution in [2.24, 2.45) is 5.73 Å². The summed E-state index contributed by atoms with van der Waals surface area (Å²) >= 11 is 3.25. The van der Waals surface area contributed by atoms with Crippen molar-refractivity contribution in [1.82, 2.24) is 0 Å². The standard InChI is InChI=1S/C9H10BrNO3/c10-7-2-1-6(12)3-5(7)4-8(11)9(13)14/h1-3,8,12H,4,11H2,(H,13,14)/t8-/m1/s1. The van der Waals surface area contributed by atoms with Crippen LogP contribution >= 0.6 is 15.9 Å². The van der Waals surface area contributed by atoms with E-state index in [1.807, 2.05) is 0 Å². The molecule has 0 aliphatic carbocycles. The largest absolute Gasteiger partial charge is 0.508 e. The second kappa shape index (κ2) is 4.43. The molecule has 0 aromatic heterocycles. The number of rotatable bonds is 3. The molecule has 0 aliphatic rings. The van der Waals surface area contributed by atoms with Crippen LogP contribution in [0.5, 0.6) is 5.75 Å². The normalized spacial score (nSPS) is 12.4. The van der Waals surface area contributed by atoms with Gasteiger partial charge in [-0.1, -0.05) is 15.9 Å². The highest BCUT2D eigenvalue weighted by atomic mass is 79.9. The van der Waals surface area contributed by atoms with Gasteiger partial charge in [0.15, 0.2) is 0 Å². The molecule has 0 spiro atoms. The summed E-state index contributed by atoms with van der Waals surface area (Å²) in [7, 11) is 0. The average molecular weight is 260 g/mol. The Morgan fingerprint density at radius 1 is 1.57 bits per heavy atom. The van der Waals surface area contributed by atoms with Gasteiger partial charge >= 0.3 is 5.97 Å². The van der Waals surface area contributed by atoms with Gasteiger partial charge in [0.2, 0.25) is 0 Å². The highest BCUT2D eigenvalue weighted by Gasteiger charge is 2.14. The van der Waals surface area contributed by atoms with E-state index in [9.17, 15) is 9.90 Å². The SMILES string of the molecule is N[C@H](Cc1cc(O)ccc1Br)C(=O)O. The summed E-state index contributed by atoms with van der Waals surface area (Å²) in [6.07, 6.45) is 0.185. The molecule has 0 aliphatic heterocycles. The third-order valence-corrected chi connectivity index (χ3v) is 2.56. The van der Waals surface area contributed by atoms with E-state index in [0.717, 1.165) is 4.47 Å². The maximum atomic E-state index is 10.5. The van der Waals surface area contributed by atoms with Crippen molar-refractivity contribution in [2.75, 3.05) is 0 Å². The zero-order valence-electron chi connectivity index (χ0n) is 7.27. The van der Waals surface area contributed by atoms with Gasteiger partial charge in [0.1, 0.15) is 11.8 Å². The molecule has 0 saturated carbocycles. The number of carboxylic acid groups (broad SMARTS) is 1. The first-order valence-electron chi connectivity index (χ1n) is 3.96. The fourth-order valence-electron chi connectivity index (χ4n) is 1.04. The summed E-state index contributed by atoms with van der Waals surface area (Å²) in [6.45, 7) is 0. The zero-order chi connectivity index (χ0) is 10.7. The fraction of sp³-hybridized carbons (Fsp3) is 0.222. The minimum Gasteiger partial charge on any atom is -0.508 e. The molecule has 0 heterocycles. The number of carboxylic acids is 1. The zero-order valence-corrected chi connectivity index (χ0v) is 8.86. The number of hydrogen-bond acceptors (Lipinski definition) is 3. The van der Waals surface area contributed by atoms with E-state index in [2.05, 4.69) is 15.9 Å². The number of carbonyl (C=O) groups is 1. The molecule has 0 fully saturated rings. The van der Waals surface area contributed by atoms with E-state index >= 15 is 0 Å². The van der Waals surface area contributed by atoms with Crippen LogP contribution in [0.1, 0.15) is 5.56 Å². The Kier molecular flexibility index (Phi) is 3.49. The molecule has 4 N–H and O–H groups in total. The quantitative estimate of drug-likeness (QED) is 0.760. The number of benzene rings is 1. The third kappa shape index (κ3) is 2.71. The third-order valence-electron chi connectivity index (χ3n) is 1.79. The number of hydrogen-bond donors (Lipinski definition) is 3. The fourth-order valence-corrected chi connectivity index (χ4v) is 1.45. The summed E-state index contributed by atoms with van der Waals surface area (Å²) in [4.78, 5) is 10.5. The van der Waals surface area contributed by atoms with Crippen molar-refractivity contribution in [1.29, 1.82) is 0 Å². The molecule has 1 rings (SSSR count). The molecular formula is C9H10BrNO3. The molecule has 1 atom stereocenters. The van der Waals surface area contributed by atoms with E-state index in [0.29, 0.717) is 5.56 Å². The van der Waals surface area contributed by atoms with Crippen LogP contribution in [0, 0.1) is 0 Å². The van der Waals surface area contributed by atoms with Crippen LogP contribution < -0.4 is 5.73 Å². The highest BCUT2D eigenvalue weighted by molar-refractivity contribution is 9.10. The van der Waals surface area contributed by atoms with Crippen LogP contribution in [0.15, 0.2) is 22.7 Å². The molecule has 5 heteroatoms. The summed E-state index contributed by atoms with van der Waals surface area (Å²) in [5.74, 6) is -0.957. The lowest BCUT2D eigenvalue weighted by molar-refractivity contribution is -0.138. The van der Waals surface area contributed by atoms with Crippen LogP contribution in [-0.4, -0.2) is 22.2 Å². The Morgan fingerprint density at radius 2 is 2.21 bits per heavy atom. The number of aliphatic carboxylic acids is 1. The minimum absolute atomic E-state index is 0.0980. The predicted molar refractivity (Wildman–Crippen MR) is 55.1 cm³/mol. The highest BCUT2D eigenvalue weighted by Crippen LogP contribution is 2.22. The van der Waals surface area contributed by atoms with Gasteiger partial charge in [0.25, 0.3) is 0 Å². The first-order chi connectivity index (χ1) is 6.50. The Bertz CT molecular complexity index is 354. The van der Waals surface area contributed by atoms with Gasteiger partial charge in [-0.25, -0.2) is 0 Å². The van der Waals surface area contributed by atoms with Crippen LogP contribution in [0.3, 0.4) is 0 Å². The number of nitrogens with two attached hydrogens (primary N) is 1. The van der Waals surface area contributed by atoms with E-state index < -0.39 is 12.0 Å². The Labute approximate surface area is 89.5 Å². The maximum absolute atomic E-state index is 10.5. The topological polar surface area (TPSA) is 83.5 Å². The van der Waals surface area contributed by atoms with Gasteiger partial charge in [0, 0.05) is 4.47 Å². The maximum Gasteiger partial charge on any atom is 0.320 e. The molecule has 76 valence electrons. The summed E-state index contributed by atoms with van der Waals surface area (Å²) in [6, 6.07) is 3.71. The van der Waals surface area contributed by atoms with Crippen LogP contribution in [0.4, 0.5) is 0 Å². The van der Waals surface area contributed by atoms with Crippen LogP contribution in [0.25, 0.3) is 0 Å². The molecule has 0 unspecified atom stereocenters. The summed E-state index contributed by atoms with van der Waals surface area (Å²) in [5, 5.41) is 17.8. The summed E-state index contributed by atoms with van der Waals surface area (Å²) in [5.41, 5.74) is 6.05. The van der Waals surface area contributed by atoms with Crippen molar-refractivity contribution in [3.63, 3.8) is 0 Å². The van der Waals surface area contributed by atoms with E-state index in [-0.39, 0.29) is 12.2 Å². The van der Waals surface area contributed by atoms with E-state index in [1.54, 1.807) is 6.07 Å². The van der Waals surface area contributed by atoms with Gasteiger partial charge < -0.3 is 15.9 Å². The molecule has 0 bridgehead atoms. The molecule has 0 radical (unpaired) electrons. The lowest BCUT2D eigenvalue weighted by Crippen LogP contribution is -2.32. The monoisotopic (exact) mass is 259 g/mol. The smallest absolute Gasteiger partial charge is 0.320 e. The number of phenolic OH excluding ortho intramolecular Hbond substituents is 1. The van der Waals surface area contributed by atoms with Crippen molar-refractivity contribution >= 4 is 21.9 Å². The second-order valence-corrected chi connectivity index (χ2v) is 3.78. The molecule has 0 saturated heterocycles. The molecule has 1 aromatic carbocycles. The number of aromatic hydroxyl groups is 1. The van der Waals surface area contributed by atoms with Crippen molar-refractivity contribution in [3.05, 3.63) is 28.2 Å². The van der Waals surface area contributed by atoms with Crippen LogP contribution in [0.2, 0.25) is 0 Å². The van der Waals surface area contributed by atoms with Crippen LogP contribution in [-0.2, 0) is 11.2 Å². The van der Waals surface area contributed by atoms with Gasteiger partial charge in [-0.3, -0.25) is 4.79 Å².